The van der Waals surface area contributed by atoms with Crippen LogP contribution in [0.1, 0.15) is 0 Å². The second-order valence-electron chi connectivity index (χ2n) is 3.63. The molecule has 1 aromatic heterocycles. The van der Waals surface area contributed by atoms with Crippen molar-refractivity contribution in [3.05, 3.63) is 47.1 Å². The molecule has 0 radical (unpaired) electrons. The Balaban J connectivity index is 2.32. The van der Waals surface area contributed by atoms with Crippen molar-refractivity contribution in [3.63, 3.8) is 0 Å². The smallest absolute Gasteiger partial charge is 0.263 e. The van der Waals surface area contributed by atoms with Gasteiger partial charge in [0.15, 0.2) is 0 Å². The van der Waals surface area contributed by atoms with E-state index in [1.54, 1.807) is 30.3 Å². The number of hydrogen-bond acceptors (Lipinski definition) is 4. The Morgan fingerprint density at radius 3 is 2.63 bits per heavy atom. The fraction of sp³-hybridized carbons (Fsp3) is 0.0833. The van der Waals surface area contributed by atoms with Crippen LogP contribution in [0.5, 0.6) is 5.75 Å². The molecule has 100 valence electrons. The lowest BCUT2D eigenvalue weighted by Gasteiger charge is -2.08. The van der Waals surface area contributed by atoms with E-state index in [4.69, 9.17) is 4.74 Å². The predicted octanol–water partition coefficient (Wildman–Crippen LogP) is 2.65. The Morgan fingerprint density at radius 2 is 1.95 bits per heavy atom. The second kappa shape index (κ2) is 5.58. The van der Waals surface area contributed by atoms with Gasteiger partial charge in [-0.05, 0) is 40.2 Å². The number of benzene rings is 1. The van der Waals surface area contributed by atoms with Crippen molar-refractivity contribution in [2.24, 2.45) is 0 Å². The molecule has 0 aliphatic carbocycles. The van der Waals surface area contributed by atoms with E-state index in [1.807, 2.05) is 0 Å². The highest BCUT2D eigenvalue weighted by atomic mass is 79.9. The number of rotatable bonds is 4. The Labute approximate surface area is 119 Å². The molecule has 0 aliphatic heterocycles. The van der Waals surface area contributed by atoms with E-state index in [-0.39, 0.29) is 10.7 Å². The van der Waals surface area contributed by atoms with Gasteiger partial charge in [-0.15, -0.1) is 0 Å². The van der Waals surface area contributed by atoms with Gasteiger partial charge in [-0.3, -0.25) is 4.72 Å². The third kappa shape index (κ3) is 3.45. The number of sulfonamides is 1. The molecule has 2 rings (SSSR count). The van der Waals surface area contributed by atoms with E-state index in [9.17, 15) is 8.42 Å². The molecule has 0 saturated heterocycles. The molecule has 0 amide bonds. The minimum absolute atomic E-state index is 0.119. The molecule has 0 aliphatic rings. The van der Waals surface area contributed by atoms with E-state index >= 15 is 0 Å². The van der Waals surface area contributed by atoms with E-state index < -0.39 is 10.0 Å². The average Bonchev–Trinajstić information content (AvgIpc) is 2.38. The standard InChI is InChI=1S/C12H11BrN2O3S/c1-18-9-4-2-5-10(8-9)19(16,17)15-12-7-3-6-11(13)14-12/h2-8H,1H3,(H,14,15). The quantitative estimate of drug-likeness (QED) is 0.867. The number of halogens is 1. The molecule has 5 nitrogen and oxygen atoms in total. The Hall–Kier alpha value is -1.60. The van der Waals surface area contributed by atoms with Gasteiger partial charge < -0.3 is 4.74 Å². The predicted molar refractivity (Wildman–Crippen MR) is 75.7 cm³/mol. The number of methoxy groups -OCH3 is 1. The zero-order valence-corrected chi connectivity index (χ0v) is 12.4. The maximum absolute atomic E-state index is 12.2. The highest BCUT2D eigenvalue weighted by Crippen LogP contribution is 2.20. The number of nitrogens with one attached hydrogen (secondary N) is 1. The molecule has 1 heterocycles. The summed E-state index contributed by atoms with van der Waals surface area (Å²) in [7, 11) is -2.19. The zero-order chi connectivity index (χ0) is 13.9. The van der Waals surface area contributed by atoms with E-state index in [1.165, 1.54) is 19.2 Å². The van der Waals surface area contributed by atoms with Crippen molar-refractivity contribution in [1.29, 1.82) is 0 Å². The molecule has 19 heavy (non-hydrogen) atoms. The molecule has 0 saturated carbocycles. The first kappa shape index (κ1) is 13.8. The van der Waals surface area contributed by atoms with Gasteiger partial charge in [0.25, 0.3) is 10.0 Å². The van der Waals surface area contributed by atoms with Gasteiger partial charge in [-0.1, -0.05) is 12.1 Å². The molecule has 0 bridgehead atoms. The maximum Gasteiger partial charge on any atom is 0.263 e. The number of nitrogens with zero attached hydrogens (tertiary/aromatic N) is 1. The number of aromatic nitrogens is 1. The summed E-state index contributed by atoms with van der Waals surface area (Å²) < 4.78 is 32.3. The zero-order valence-electron chi connectivity index (χ0n) is 10.00. The van der Waals surface area contributed by atoms with Crippen LogP contribution >= 0.6 is 15.9 Å². The summed E-state index contributed by atoms with van der Waals surface area (Å²) in [6.07, 6.45) is 0. The molecule has 0 fully saturated rings. The summed E-state index contributed by atoms with van der Waals surface area (Å²) in [4.78, 5) is 4.14. The largest absolute Gasteiger partial charge is 0.497 e. The molecular formula is C12H11BrN2O3S. The summed E-state index contributed by atoms with van der Waals surface area (Å²) in [6, 6.07) is 11.2. The molecule has 1 aromatic carbocycles. The van der Waals surface area contributed by atoms with Crippen molar-refractivity contribution in [1.82, 2.24) is 4.98 Å². The average molecular weight is 343 g/mol. The molecule has 1 N–H and O–H groups in total. The first-order chi connectivity index (χ1) is 9.01. The van der Waals surface area contributed by atoms with Crippen LogP contribution in [-0.2, 0) is 10.0 Å². The van der Waals surface area contributed by atoms with Gasteiger partial charge in [0, 0.05) is 6.07 Å². The van der Waals surface area contributed by atoms with Crippen LogP contribution in [0.2, 0.25) is 0 Å². The van der Waals surface area contributed by atoms with Gasteiger partial charge in [-0.25, -0.2) is 13.4 Å². The summed E-state index contributed by atoms with van der Waals surface area (Å²) >= 11 is 3.18. The van der Waals surface area contributed by atoms with Gasteiger partial charge in [0.05, 0.1) is 12.0 Å². The van der Waals surface area contributed by atoms with Crippen LogP contribution in [0.15, 0.2) is 52.0 Å². The SMILES string of the molecule is COc1cccc(S(=O)(=O)Nc2cccc(Br)n2)c1. The minimum Gasteiger partial charge on any atom is -0.497 e. The Morgan fingerprint density at radius 1 is 1.21 bits per heavy atom. The molecule has 2 aromatic rings. The normalized spacial score (nSPS) is 11.1. The third-order valence-corrected chi connectivity index (χ3v) is 4.10. The number of anilines is 1. The van der Waals surface area contributed by atoms with Crippen LogP contribution in [0.4, 0.5) is 5.82 Å². The monoisotopic (exact) mass is 342 g/mol. The summed E-state index contributed by atoms with van der Waals surface area (Å²) in [5.74, 6) is 0.724. The van der Waals surface area contributed by atoms with E-state index in [0.717, 1.165) is 0 Å². The van der Waals surface area contributed by atoms with Crippen molar-refractivity contribution in [2.45, 2.75) is 4.90 Å². The molecular weight excluding hydrogens is 332 g/mol. The Bertz CT molecular complexity index is 689. The van der Waals surface area contributed by atoms with Crippen molar-refractivity contribution < 1.29 is 13.2 Å². The van der Waals surface area contributed by atoms with Crippen molar-refractivity contribution in [2.75, 3.05) is 11.8 Å². The maximum atomic E-state index is 12.2. The van der Waals surface area contributed by atoms with Crippen LogP contribution in [-0.4, -0.2) is 20.5 Å². The lowest BCUT2D eigenvalue weighted by molar-refractivity contribution is 0.413. The lowest BCUT2D eigenvalue weighted by Crippen LogP contribution is -2.13. The van der Waals surface area contributed by atoms with Gasteiger partial charge in [0.1, 0.15) is 16.2 Å². The number of ether oxygens (including phenoxy) is 1. The van der Waals surface area contributed by atoms with Crippen LogP contribution in [0, 0.1) is 0 Å². The van der Waals surface area contributed by atoms with Gasteiger partial charge in [0.2, 0.25) is 0 Å². The van der Waals surface area contributed by atoms with E-state index in [0.29, 0.717) is 10.4 Å². The summed E-state index contributed by atoms with van der Waals surface area (Å²) in [5.41, 5.74) is 0. The van der Waals surface area contributed by atoms with Crippen LogP contribution in [0.3, 0.4) is 0 Å². The third-order valence-electron chi connectivity index (χ3n) is 2.31. The number of pyridine rings is 1. The molecule has 0 unspecified atom stereocenters. The lowest BCUT2D eigenvalue weighted by atomic mass is 10.3. The first-order valence-electron chi connectivity index (χ1n) is 5.31. The summed E-state index contributed by atoms with van der Waals surface area (Å²) in [6.45, 7) is 0. The van der Waals surface area contributed by atoms with Crippen LogP contribution in [0.25, 0.3) is 0 Å². The fourth-order valence-corrected chi connectivity index (χ4v) is 2.81. The van der Waals surface area contributed by atoms with E-state index in [2.05, 4.69) is 25.6 Å². The van der Waals surface area contributed by atoms with Crippen LogP contribution < -0.4 is 9.46 Å². The highest BCUT2D eigenvalue weighted by Gasteiger charge is 2.15. The van der Waals surface area contributed by atoms with Crippen molar-refractivity contribution in [3.8, 4) is 5.75 Å². The molecule has 0 atom stereocenters. The topological polar surface area (TPSA) is 68.3 Å². The minimum atomic E-state index is -3.68. The first-order valence-corrected chi connectivity index (χ1v) is 7.58. The second-order valence-corrected chi connectivity index (χ2v) is 6.12. The molecule has 0 spiro atoms. The van der Waals surface area contributed by atoms with Gasteiger partial charge >= 0.3 is 0 Å². The number of hydrogen-bond donors (Lipinski definition) is 1. The van der Waals surface area contributed by atoms with Gasteiger partial charge in [-0.2, -0.15) is 0 Å². The fourth-order valence-electron chi connectivity index (χ4n) is 1.43. The Kier molecular flexibility index (Phi) is 4.06. The summed E-state index contributed by atoms with van der Waals surface area (Å²) in [5, 5.41) is 0. The van der Waals surface area contributed by atoms with Crippen molar-refractivity contribution >= 4 is 31.8 Å². The highest BCUT2D eigenvalue weighted by molar-refractivity contribution is 9.10. The molecule has 7 heteroatoms.